The summed E-state index contributed by atoms with van der Waals surface area (Å²) in [4.78, 5) is 19.6. The van der Waals surface area contributed by atoms with Gasteiger partial charge >= 0.3 is 0 Å². The summed E-state index contributed by atoms with van der Waals surface area (Å²) in [6, 6.07) is 9.64. The van der Waals surface area contributed by atoms with Gasteiger partial charge in [0.05, 0.1) is 24.0 Å². The fourth-order valence-corrected chi connectivity index (χ4v) is 1.51. The van der Waals surface area contributed by atoms with Gasteiger partial charge in [-0.2, -0.15) is 0 Å². The number of nitrogens with zero attached hydrogens (tertiary/aromatic N) is 2. The van der Waals surface area contributed by atoms with Crippen molar-refractivity contribution in [3.8, 4) is 0 Å². The number of carbonyl (C=O) groups is 1. The number of nitrogens with one attached hydrogen (secondary N) is 1. The molecule has 0 bridgehead atoms. The van der Waals surface area contributed by atoms with E-state index in [-0.39, 0.29) is 11.8 Å². The molecule has 1 aromatic carbocycles. The first kappa shape index (κ1) is 11.3. The van der Waals surface area contributed by atoms with Gasteiger partial charge in [0.25, 0.3) is 0 Å². The highest BCUT2D eigenvalue weighted by atomic mass is 16.1. The Morgan fingerprint density at radius 3 is 2.47 bits per heavy atom. The van der Waals surface area contributed by atoms with E-state index in [2.05, 4.69) is 15.3 Å². The smallest absolute Gasteiger partial charge is 0.231 e. The van der Waals surface area contributed by atoms with Crippen LogP contribution in [0, 0.1) is 0 Å². The molecule has 2 rings (SSSR count). The van der Waals surface area contributed by atoms with Crippen LogP contribution in [0.4, 0.5) is 5.69 Å². The number of benzene rings is 1. The second-order valence-corrected chi connectivity index (χ2v) is 3.75. The Labute approximate surface area is 99.7 Å². The van der Waals surface area contributed by atoms with Crippen LogP contribution >= 0.6 is 0 Å². The Bertz CT molecular complexity index is 485. The minimum Gasteiger partial charge on any atom is -0.323 e. The molecule has 0 aliphatic rings. The predicted molar refractivity (Wildman–Crippen MR) is 65.5 cm³/mol. The Hall–Kier alpha value is -2.23. The summed E-state index contributed by atoms with van der Waals surface area (Å²) in [5, 5.41) is 2.78. The van der Waals surface area contributed by atoms with Crippen LogP contribution in [0.2, 0.25) is 0 Å². The number of aromatic nitrogens is 2. The van der Waals surface area contributed by atoms with Gasteiger partial charge in [0.15, 0.2) is 0 Å². The number of amides is 1. The van der Waals surface area contributed by atoms with Gasteiger partial charge in [-0.3, -0.25) is 4.79 Å². The minimum atomic E-state index is -0.198. The molecule has 2 aromatic rings. The Morgan fingerprint density at radius 2 is 1.82 bits per heavy atom. The van der Waals surface area contributed by atoms with Gasteiger partial charge in [-0.1, -0.05) is 30.3 Å². The summed E-state index contributed by atoms with van der Waals surface area (Å²) < 4.78 is 0. The summed E-state index contributed by atoms with van der Waals surface area (Å²) in [5.41, 5.74) is 1.60. The van der Waals surface area contributed by atoms with Gasteiger partial charge in [-0.05, 0) is 12.5 Å². The number of hydrogen-bond donors (Lipinski definition) is 1. The SMILES string of the molecule is C[C@@H](C(=O)Nc1cncnc1)c1ccccc1. The summed E-state index contributed by atoms with van der Waals surface area (Å²) in [6.45, 7) is 1.87. The van der Waals surface area contributed by atoms with Gasteiger partial charge in [0.2, 0.25) is 5.91 Å². The average Bonchev–Trinajstić information content (AvgIpc) is 2.40. The largest absolute Gasteiger partial charge is 0.323 e. The van der Waals surface area contributed by atoms with Gasteiger partial charge in [-0.15, -0.1) is 0 Å². The molecule has 1 aromatic heterocycles. The molecule has 0 saturated heterocycles. The summed E-state index contributed by atoms with van der Waals surface area (Å²) in [6.07, 6.45) is 4.57. The van der Waals surface area contributed by atoms with E-state index in [0.717, 1.165) is 5.56 Å². The lowest BCUT2D eigenvalue weighted by molar-refractivity contribution is -0.117. The highest BCUT2D eigenvalue weighted by Crippen LogP contribution is 2.16. The zero-order valence-electron chi connectivity index (χ0n) is 9.50. The van der Waals surface area contributed by atoms with Crippen molar-refractivity contribution in [3.63, 3.8) is 0 Å². The maximum Gasteiger partial charge on any atom is 0.231 e. The second kappa shape index (κ2) is 5.21. The number of anilines is 1. The van der Waals surface area contributed by atoms with E-state index in [1.165, 1.54) is 6.33 Å². The number of rotatable bonds is 3. The molecule has 0 saturated carbocycles. The van der Waals surface area contributed by atoms with Gasteiger partial charge in [0, 0.05) is 0 Å². The first-order valence-electron chi connectivity index (χ1n) is 5.38. The monoisotopic (exact) mass is 227 g/mol. The molecule has 0 aliphatic carbocycles. The quantitative estimate of drug-likeness (QED) is 0.874. The lowest BCUT2D eigenvalue weighted by Crippen LogP contribution is -2.18. The van der Waals surface area contributed by atoms with E-state index >= 15 is 0 Å². The molecule has 0 radical (unpaired) electrons. The molecule has 0 spiro atoms. The number of carbonyl (C=O) groups excluding carboxylic acids is 1. The van der Waals surface area contributed by atoms with E-state index in [1.807, 2.05) is 37.3 Å². The Morgan fingerprint density at radius 1 is 1.18 bits per heavy atom. The third-order valence-corrected chi connectivity index (χ3v) is 2.52. The molecule has 0 fully saturated rings. The lowest BCUT2D eigenvalue weighted by atomic mass is 10.0. The Kier molecular flexibility index (Phi) is 3.45. The van der Waals surface area contributed by atoms with Crippen LogP contribution in [0.15, 0.2) is 49.1 Å². The standard InChI is InChI=1S/C13H13N3O/c1-10(11-5-3-2-4-6-11)13(17)16-12-7-14-9-15-8-12/h2-10H,1H3,(H,16,17)/t10-/m1/s1. The van der Waals surface area contributed by atoms with Crippen molar-refractivity contribution in [1.29, 1.82) is 0 Å². The van der Waals surface area contributed by atoms with Gasteiger partial charge in [-0.25, -0.2) is 9.97 Å². The molecule has 86 valence electrons. The fourth-order valence-electron chi connectivity index (χ4n) is 1.51. The van der Waals surface area contributed by atoms with Crippen molar-refractivity contribution in [2.45, 2.75) is 12.8 Å². The van der Waals surface area contributed by atoms with E-state index in [4.69, 9.17) is 0 Å². The van der Waals surface area contributed by atoms with E-state index in [1.54, 1.807) is 12.4 Å². The highest BCUT2D eigenvalue weighted by molar-refractivity contribution is 5.95. The molecule has 0 unspecified atom stereocenters. The van der Waals surface area contributed by atoms with Crippen LogP contribution in [0.3, 0.4) is 0 Å². The van der Waals surface area contributed by atoms with Crippen LogP contribution in [-0.2, 0) is 4.79 Å². The molecule has 1 amide bonds. The Balaban J connectivity index is 2.06. The summed E-state index contributed by atoms with van der Waals surface area (Å²) >= 11 is 0. The normalized spacial score (nSPS) is 11.8. The predicted octanol–water partition coefficient (Wildman–Crippen LogP) is 2.22. The maximum absolute atomic E-state index is 11.9. The second-order valence-electron chi connectivity index (χ2n) is 3.75. The topological polar surface area (TPSA) is 54.9 Å². The van der Waals surface area contributed by atoms with Crippen LogP contribution < -0.4 is 5.32 Å². The maximum atomic E-state index is 11.9. The van der Waals surface area contributed by atoms with Crippen LogP contribution in [0.25, 0.3) is 0 Å². The van der Waals surface area contributed by atoms with Crippen molar-refractivity contribution in [2.24, 2.45) is 0 Å². The third-order valence-electron chi connectivity index (χ3n) is 2.52. The average molecular weight is 227 g/mol. The fraction of sp³-hybridized carbons (Fsp3) is 0.154. The van der Waals surface area contributed by atoms with E-state index in [9.17, 15) is 4.79 Å². The minimum absolute atomic E-state index is 0.0639. The van der Waals surface area contributed by atoms with E-state index in [0.29, 0.717) is 5.69 Å². The molecule has 4 heteroatoms. The zero-order chi connectivity index (χ0) is 12.1. The van der Waals surface area contributed by atoms with Crippen molar-refractivity contribution >= 4 is 11.6 Å². The van der Waals surface area contributed by atoms with Crippen LogP contribution in [-0.4, -0.2) is 15.9 Å². The summed E-state index contributed by atoms with van der Waals surface area (Å²) in [7, 11) is 0. The van der Waals surface area contributed by atoms with E-state index < -0.39 is 0 Å². The van der Waals surface area contributed by atoms with Crippen LogP contribution in [0.5, 0.6) is 0 Å². The lowest BCUT2D eigenvalue weighted by Gasteiger charge is -2.11. The zero-order valence-corrected chi connectivity index (χ0v) is 9.50. The van der Waals surface area contributed by atoms with Crippen molar-refractivity contribution in [1.82, 2.24) is 9.97 Å². The molecule has 4 nitrogen and oxygen atoms in total. The van der Waals surface area contributed by atoms with Crippen LogP contribution in [0.1, 0.15) is 18.4 Å². The van der Waals surface area contributed by atoms with Gasteiger partial charge in [0.1, 0.15) is 6.33 Å². The molecule has 0 aliphatic heterocycles. The third kappa shape index (κ3) is 2.87. The van der Waals surface area contributed by atoms with Crippen molar-refractivity contribution < 1.29 is 4.79 Å². The molecule has 1 heterocycles. The molecular formula is C13H13N3O. The van der Waals surface area contributed by atoms with Crippen molar-refractivity contribution in [2.75, 3.05) is 5.32 Å². The summed E-state index contributed by atoms with van der Waals surface area (Å²) in [5.74, 6) is -0.262. The molecule has 1 atom stereocenters. The first-order valence-corrected chi connectivity index (χ1v) is 5.38. The molecule has 17 heavy (non-hydrogen) atoms. The number of hydrogen-bond acceptors (Lipinski definition) is 3. The first-order chi connectivity index (χ1) is 8.27. The highest BCUT2D eigenvalue weighted by Gasteiger charge is 2.14. The van der Waals surface area contributed by atoms with Gasteiger partial charge < -0.3 is 5.32 Å². The molecular weight excluding hydrogens is 214 g/mol. The van der Waals surface area contributed by atoms with Crippen molar-refractivity contribution in [3.05, 3.63) is 54.6 Å². The molecule has 1 N–H and O–H groups in total.